The van der Waals surface area contributed by atoms with Crippen molar-refractivity contribution in [3.8, 4) is 17.1 Å². The van der Waals surface area contributed by atoms with Crippen LogP contribution in [0, 0.1) is 5.82 Å². The predicted octanol–water partition coefficient (Wildman–Crippen LogP) is 4.35. The number of carbonyl (C=O) groups excluding carboxylic acids is 1. The maximum Gasteiger partial charge on any atom is 0.291 e. The summed E-state index contributed by atoms with van der Waals surface area (Å²) in [5.74, 6) is 0.312. The third-order valence-electron chi connectivity index (χ3n) is 3.32. The van der Waals surface area contributed by atoms with Crippen LogP contribution in [0.3, 0.4) is 0 Å². The van der Waals surface area contributed by atoms with Gasteiger partial charge in [0.15, 0.2) is 5.76 Å². The molecule has 0 atom stereocenters. The summed E-state index contributed by atoms with van der Waals surface area (Å²) in [6.45, 7) is 0. The van der Waals surface area contributed by atoms with Gasteiger partial charge >= 0.3 is 0 Å². The van der Waals surface area contributed by atoms with Gasteiger partial charge in [0.2, 0.25) is 0 Å². The van der Waals surface area contributed by atoms with Crippen LogP contribution in [-0.4, -0.2) is 13.0 Å². The maximum absolute atomic E-state index is 13.7. The number of rotatable bonds is 4. The molecule has 0 bridgehead atoms. The lowest BCUT2D eigenvalue weighted by Gasteiger charge is -2.04. The molecule has 0 aliphatic rings. The maximum atomic E-state index is 13.7. The smallest absolute Gasteiger partial charge is 0.291 e. The number of furan rings is 1. The van der Waals surface area contributed by atoms with Gasteiger partial charge in [-0.15, -0.1) is 0 Å². The number of carbonyl (C=O) groups is 1. The lowest BCUT2D eigenvalue weighted by molar-refractivity contribution is 0.0997. The topological polar surface area (TPSA) is 51.5 Å². The molecule has 0 radical (unpaired) electrons. The Bertz CT molecular complexity index is 824. The molecule has 5 heteroatoms. The summed E-state index contributed by atoms with van der Waals surface area (Å²) in [6.07, 6.45) is 0. The minimum absolute atomic E-state index is 0.110. The molecule has 1 aromatic heterocycles. The second-order valence-corrected chi connectivity index (χ2v) is 4.83. The molecule has 2 aromatic carbocycles. The van der Waals surface area contributed by atoms with Gasteiger partial charge in [-0.05, 0) is 48.5 Å². The van der Waals surface area contributed by atoms with E-state index in [1.807, 2.05) is 0 Å². The Morgan fingerprint density at radius 3 is 2.48 bits per heavy atom. The van der Waals surface area contributed by atoms with E-state index in [9.17, 15) is 9.18 Å². The van der Waals surface area contributed by atoms with Crippen molar-refractivity contribution in [3.05, 3.63) is 72.2 Å². The molecule has 3 rings (SSSR count). The van der Waals surface area contributed by atoms with Crippen LogP contribution in [0.4, 0.5) is 10.1 Å². The Hall–Kier alpha value is -3.08. The third-order valence-corrected chi connectivity index (χ3v) is 3.32. The second-order valence-electron chi connectivity index (χ2n) is 4.83. The molecule has 116 valence electrons. The third kappa shape index (κ3) is 3.23. The Morgan fingerprint density at radius 1 is 1.04 bits per heavy atom. The van der Waals surface area contributed by atoms with E-state index >= 15 is 0 Å². The summed E-state index contributed by atoms with van der Waals surface area (Å²) < 4.78 is 24.2. The Balaban J connectivity index is 1.77. The Labute approximate surface area is 132 Å². The van der Waals surface area contributed by atoms with E-state index in [0.29, 0.717) is 22.8 Å². The van der Waals surface area contributed by atoms with Crippen LogP contribution >= 0.6 is 0 Å². The molecule has 1 heterocycles. The number of benzene rings is 2. The first-order chi connectivity index (χ1) is 11.2. The molecule has 0 aliphatic heterocycles. The lowest BCUT2D eigenvalue weighted by Crippen LogP contribution is -2.10. The summed E-state index contributed by atoms with van der Waals surface area (Å²) in [5, 5.41) is 2.71. The van der Waals surface area contributed by atoms with Crippen LogP contribution in [-0.2, 0) is 0 Å². The SMILES string of the molecule is COc1ccc(NC(=O)c2ccc(-c3ccccc3F)o2)cc1. The number of hydrogen-bond acceptors (Lipinski definition) is 3. The van der Waals surface area contributed by atoms with Crippen LogP contribution in [0.25, 0.3) is 11.3 Å². The second kappa shape index (κ2) is 6.36. The molecule has 1 amide bonds. The summed E-state index contributed by atoms with van der Waals surface area (Å²) in [4.78, 5) is 12.2. The van der Waals surface area contributed by atoms with E-state index in [1.165, 1.54) is 12.1 Å². The first-order valence-corrected chi connectivity index (χ1v) is 6.97. The molecule has 0 aliphatic carbocycles. The van der Waals surface area contributed by atoms with Crippen molar-refractivity contribution in [3.63, 3.8) is 0 Å². The van der Waals surface area contributed by atoms with Crippen molar-refractivity contribution < 1.29 is 18.3 Å². The number of halogens is 1. The summed E-state index contributed by atoms with van der Waals surface area (Å²) in [5.41, 5.74) is 0.927. The fourth-order valence-corrected chi connectivity index (χ4v) is 2.13. The molecule has 1 N–H and O–H groups in total. The molecule has 0 unspecified atom stereocenters. The van der Waals surface area contributed by atoms with Crippen LogP contribution in [0.2, 0.25) is 0 Å². The lowest BCUT2D eigenvalue weighted by atomic mass is 10.1. The highest BCUT2D eigenvalue weighted by Crippen LogP contribution is 2.25. The van der Waals surface area contributed by atoms with Crippen molar-refractivity contribution in [2.45, 2.75) is 0 Å². The predicted molar refractivity (Wildman–Crippen MR) is 85.0 cm³/mol. The molecule has 4 nitrogen and oxygen atoms in total. The quantitative estimate of drug-likeness (QED) is 0.779. The molecule has 0 spiro atoms. The number of methoxy groups -OCH3 is 1. The summed E-state index contributed by atoms with van der Waals surface area (Å²) in [7, 11) is 1.57. The molecule has 0 saturated carbocycles. The van der Waals surface area contributed by atoms with Crippen molar-refractivity contribution >= 4 is 11.6 Å². The first kappa shape index (κ1) is 14.8. The molecular weight excluding hydrogens is 297 g/mol. The van der Waals surface area contributed by atoms with E-state index in [0.717, 1.165) is 0 Å². The normalized spacial score (nSPS) is 10.3. The number of amides is 1. The zero-order valence-corrected chi connectivity index (χ0v) is 12.4. The minimum atomic E-state index is -0.405. The van der Waals surface area contributed by atoms with Gasteiger partial charge in [0, 0.05) is 5.69 Å². The average Bonchev–Trinajstić information content (AvgIpc) is 3.06. The fraction of sp³-hybridized carbons (Fsp3) is 0.0556. The largest absolute Gasteiger partial charge is 0.497 e. The zero-order chi connectivity index (χ0) is 16.2. The van der Waals surface area contributed by atoms with Gasteiger partial charge in [0.1, 0.15) is 17.3 Å². The van der Waals surface area contributed by atoms with Gasteiger partial charge in [0.25, 0.3) is 5.91 Å². The molecule has 23 heavy (non-hydrogen) atoms. The molecule has 0 saturated heterocycles. The molecular formula is C18H14FNO3. The van der Waals surface area contributed by atoms with E-state index in [4.69, 9.17) is 9.15 Å². The van der Waals surface area contributed by atoms with E-state index in [-0.39, 0.29) is 5.76 Å². The highest BCUT2D eigenvalue weighted by atomic mass is 19.1. The van der Waals surface area contributed by atoms with Gasteiger partial charge in [-0.2, -0.15) is 0 Å². The number of nitrogens with one attached hydrogen (secondary N) is 1. The van der Waals surface area contributed by atoms with Gasteiger partial charge < -0.3 is 14.5 Å². The summed E-state index contributed by atoms with van der Waals surface area (Å²) >= 11 is 0. The van der Waals surface area contributed by atoms with Crippen LogP contribution in [0.15, 0.2) is 65.1 Å². The zero-order valence-electron chi connectivity index (χ0n) is 12.4. The highest BCUT2D eigenvalue weighted by molar-refractivity contribution is 6.02. The standard InChI is InChI=1S/C18H14FNO3/c1-22-13-8-6-12(7-9-13)20-18(21)17-11-10-16(23-17)14-4-2-3-5-15(14)19/h2-11H,1H3,(H,20,21). The van der Waals surface area contributed by atoms with E-state index < -0.39 is 11.7 Å². The molecule has 3 aromatic rings. The monoisotopic (exact) mass is 311 g/mol. The van der Waals surface area contributed by atoms with Crippen LogP contribution < -0.4 is 10.1 Å². The molecule has 0 fully saturated rings. The number of hydrogen-bond donors (Lipinski definition) is 1. The van der Waals surface area contributed by atoms with E-state index in [2.05, 4.69) is 5.32 Å². The fourth-order valence-electron chi connectivity index (χ4n) is 2.13. The Kier molecular flexibility index (Phi) is 4.10. The van der Waals surface area contributed by atoms with Gasteiger partial charge in [-0.25, -0.2) is 4.39 Å². The first-order valence-electron chi connectivity index (χ1n) is 6.97. The highest BCUT2D eigenvalue weighted by Gasteiger charge is 2.14. The van der Waals surface area contributed by atoms with Crippen molar-refractivity contribution in [1.29, 1.82) is 0 Å². The summed E-state index contributed by atoms with van der Waals surface area (Å²) in [6, 6.07) is 16.2. The average molecular weight is 311 g/mol. The van der Waals surface area contributed by atoms with Gasteiger partial charge in [-0.3, -0.25) is 4.79 Å². The van der Waals surface area contributed by atoms with Crippen LogP contribution in [0.1, 0.15) is 10.6 Å². The van der Waals surface area contributed by atoms with Crippen molar-refractivity contribution in [2.75, 3.05) is 12.4 Å². The van der Waals surface area contributed by atoms with Crippen molar-refractivity contribution in [1.82, 2.24) is 0 Å². The Morgan fingerprint density at radius 2 is 1.78 bits per heavy atom. The minimum Gasteiger partial charge on any atom is -0.497 e. The number of ether oxygens (including phenoxy) is 1. The van der Waals surface area contributed by atoms with Crippen molar-refractivity contribution in [2.24, 2.45) is 0 Å². The van der Waals surface area contributed by atoms with E-state index in [1.54, 1.807) is 55.6 Å². The van der Waals surface area contributed by atoms with Gasteiger partial charge in [0.05, 0.1) is 12.7 Å². The number of anilines is 1. The van der Waals surface area contributed by atoms with Crippen LogP contribution in [0.5, 0.6) is 5.75 Å². The van der Waals surface area contributed by atoms with Gasteiger partial charge in [-0.1, -0.05) is 12.1 Å².